The molecule has 0 amide bonds. The third-order valence-corrected chi connectivity index (χ3v) is 3.13. The van der Waals surface area contributed by atoms with E-state index in [4.69, 9.17) is 0 Å². The Morgan fingerprint density at radius 2 is 1.80 bits per heavy atom. The molecule has 0 bridgehead atoms. The van der Waals surface area contributed by atoms with Crippen LogP contribution in [0.5, 0.6) is 5.75 Å². The van der Waals surface area contributed by atoms with Gasteiger partial charge in [-0.3, -0.25) is 0 Å². The second kappa shape index (κ2) is 5.02. The highest BCUT2D eigenvalue weighted by atomic mass is 79.9. The summed E-state index contributed by atoms with van der Waals surface area (Å²) in [5.74, 6) is 1.42. The monoisotopic (exact) mass is 270 g/mol. The Balaban J connectivity index is 3.08. The standard InChI is InChI=1S/C13H19BrO/c1-8(2)5-10-6-12(14)11(9(3)4)7-13(10)15/h6-9,15H,5H2,1-4H3. The van der Waals surface area contributed by atoms with Gasteiger partial charge in [-0.2, -0.15) is 0 Å². The fourth-order valence-electron chi connectivity index (χ4n) is 1.66. The molecule has 1 N–H and O–H groups in total. The van der Waals surface area contributed by atoms with Gasteiger partial charge < -0.3 is 5.11 Å². The van der Waals surface area contributed by atoms with Crippen molar-refractivity contribution in [2.45, 2.75) is 40.0 Å². The van der Waals surface area contributed by atoms with Crippen molar-refractivity contribution in [1.82, 2.24) is 0 Å². The molecule has 0 aliphatic heterocycles. The highest BCUT2D eigenvalue weighted by Crippen LogP contribution is 2.32. The molecule has 0 aromatic heterocycles. The summed E-state index contributed by atoms with van der Waals surface area (Å²) in [6.45, 7) is 8.57. The fourth-order valence-corrected chi connectivity index (χ4v) is 2.51. The van der Waals surface area contributed by atoms with Crippen LogP contribution in [0.1, 0.15) is 44.7 Å². The van der Waals surface area contributed by atoms with Crippen LogP contribution in [0, 0.1) is 5.92 Å². The third-order valence-electron chi connectivity index (χ3n) is 2.45. The van der Waals surface area contributed by atoms with Crippen molar-refractivity contribution < 1.29 is 5.11 Å². The molecule has 0 unspecified atom stereocenters. The number of hydrogen-bond donors (Lipinski definition) is 1. The van der Waals surface area contributed by atoms with Gasteiger partial charge in [0.2, 0.25) is 0 Å². The molecular formula is C13H19BrO. The number of hydrogen-bond acceptors (Lipinski definition) is 1. The van der Waals surface area contributed by atoms with Gasteiger partial charge in [-0.1, -0.05) is 43.6 Å². The Bertz CT molecular complexity index is 343. The molecule has 15 heavy (non-hydrogen) atoms. The van der Waals surface area contributed by atoms with E-state index in [1.807, 2.05) is 12.1 Å². The van der Waals surface area contributed by atoms with Crippen molar-refractivity contribution >= 4 is 15.9 Å². The van der Waals surface area contributed by atoms with Gasteiger partial charge >= 0.3 is 0 Å². The van der Waals surface area contributed by atoms with E-state index in [-0.39, 0.29) is 0 Å². The molecule has 1 rings (SSSR count). The van der Waals surface area contributed by atoms with Gasteiger partial charge in [0.1, 0.15) is 5.75 Å². The largest absolute Gasteiger partial charge is 0.508 e. The fraction of sp³-hybridized carbons (Fsp3) is 0.538. The summed E-state index contributed by atoms with van der Waals surface area (Å²) < 4.78 is 1.10. The molecule has 0 saturated carbocycles. The molecule has 84 valence electrons. The van der Waals surface area contributed by atoms with Gasteiger partial charge in [-0.05, 0) is 41.5 Å². The van der Waals surface area contributed by atoms with E-state index in [1.54, 1.807) is 0 Å². The maximum absolute atomic E-state index is 9.89. The van der Waals surface area contributed by atoms with Crippen LogP contribution in [0.4, 0.5) is 0 Å². The van der Waals surface area contributed by atoms with E-state index < -0.39 is 0 Å². The average molecular weight is 271 g/mol. The van der Waals surface area contributed by atoms with Crippen LogP contribution >= 0.6 is 15.9 Å². The Morgan fingerprint density at radius 1 is 1.20 bits per heavy atom. The minimum atomic E-state index is 0.426. The lowest BCUT2D eigenvalue weighted by Crippen LogP contribution is -1.97. The average Bonchev–Trinajstić information content (AvgIpc) is 2.09. The molecule has 0 aliphatic carbocycles. The Hall–Kier alpha value is -0.500. The molecule has 0 fully saturated rings. The predicted molar refractivity (Wildman–Crippen MR) is 68.4 cm³/mol. The van der Waals surface area contributed by atoms with Gasteiger partial charge in [0, 0.05) is 4.47 Å². The predicted octanol–water partition coefficient (Wildman–Crippen LogP) is 4.48. The zero-order valence-corrected chi connectivity index (χ0v) is 11.4. The van der Waals surface area contributed by atoms with Crippen molar-refractivity contribution in [2.75, 3.05) is 0 Å². The van der Waals surface area contributed by atoms with Crippen molar-refractivity contribution in [3.63, 3.8) is 0 Å². The summed E-state index contributed by atoms with van der Waals surface area (Å²) in [5.41, 5.74) is 2.20. The number of rotatable bonds is 3. The molecule has 1 aromatic rings. The van der Waals surface area contributed by atoms with Crippen LogP contribution < -0.4 is 0 Å². The molecule has 0 spiro atoms. The number of benzene rings is 1. The second-order valence-electron chi connectivity index (χ2n) is 4.76. The van der Waals surface area contributed by atoms with E-state index in [0.29, 0.717) is 17.6 Å². The van der Waals surface area contributed by atoms with E-state index in [2.05, 4.69) is 43.6 Å². The van der Waals surface area contributed by atoms with Gasteiger partial charge in [0.15, 0.2) is 0 Å². The maximum atomic E-state index is 9.89. The summed E-state index contributed by atoms with van der Waals surface area (Å²) in [6.07, 6.45) is 0.919. The van der Waals surface area contributed by atoms with Crippen LogP contribution in [0.3, 0.4) is 0 Å². The minimum absolute atomic E-state index is 0.426. The molecule has 1 aromatic carbocycles. The quantitative estimate of drug-likeness (QED) is 0.859. The van der Waals surface area contributed by atoms with E-state index in [0.717, 1.165) is 16.5 Å². The third kappa shape index (κ3) is 3.23. The summed E-state index contributed by atoms with van der Waals surface area (Å²) in [5, 5.41) is 9.89. The van der Waals surface area contributed by atoms with Crippen molar-refractivity contribution in [3.05, 3.63) is 27.7 Å². The molecule has 0 saturated heterocycles. The summed E-state index contributed by atoms with van der Waals surface area (Å²) in [7, 11) is 0. The van der Waals surface area contributed by atoms with Gasteiger partial charge in [0.25, 0.3) is 0 Å². The normalized spacial score (nSPS) is 11.4. The highest BCUT2D eigenvalue weighted by molar-refractivity contribution is 9.10. The van der Waals surface area contributed by atoms with Crippen molar-refractivity contribution in [1.29, 1.82) is 0 Å². The summed E-state index contributed by atoms with van der Waals surface area (Å²) in [6, 6.07) is 3.93. The number of phenols is 1. The van der Waals surface area contributed by atoms with Crippen molar-refractivity contribution in [3.8, 4) is 5.75 Å². The summed E-state index contributed by atoms with van der Waals surface area (Å²) >= 11 is 3.56. The lowest BCUT2D eigenvalue weighted by atomic mass is 9.97. The zero-order valence-electron chi connectivity index (χ0n) is 9.84. The van der Waals surface area contributed by atoms with E-state index in [1.165, 1.54) is 5.56 Å². The van der Waals surface area contributed by atoms with Crippen molar-refractivity contribution in [2.24, 2.45) is 5.92 Å². The number of aromatic hydroxyl groups is 1. The smallest absolute Gasteiger partial charge is 0.119 e. The molecule has 0 atom stereocenters. The van der Waals surface area contributed by atoms with Gasteiger partial charge in [-0.15, -0.1) is 0 Å². The number of halogens is 1. The molecule has 1 nitrogen and oxygen atoms in total. The first-order valence-electron chi connectivity index (χ1n) is 5.43. The van der Waals surface area contributed by atoms with Gasteiger partial charge in [-0.25, -0.2) is 0 Å². The SMILES string of the molecule is CC(C)Cc1cc(Br)c(C(C)C)cc1O. The van der Waals surface area contributed by atoms with Crippen LogP contribution in [-0.4, -0.2) is 5.11 Å². The molecular weight excluding hydrogens is 252 g/mol. The van der Waals surface area contributed by atoms with Crippen LogP contribution in [0.25, 0.3) is 0 Å². The number of phenolic OH excluding ortho intramolecular Hbond substituents is 1. The minimum Gasteiger partial charge on any atom is -0.508 e. The first kappa shape index (κ1) is 12.6. The Labute approximate surface area is 101 Å². The molecule has 2 heteroatoms. The molecule has 0 aliphatic rings. The van der Waals surface area contributed by atoms with Crippen LogP contribution in [0.2, 0.25) is 0 Å². The first-order valence-corrected chi connectivity index (χ1v) is 6.22. The summed E-state index contributed by atoms with van der Waals surface area (Å²) in [4.78, 5) is 0. The highest BCUT2D eigenvalue weighted by Gasteiger charge is 2.11. The Morgan fingerprint density at radius 3 is 2.27 bits per heavy atom. The topological polar surface area (TPSA) is 20.2 Å². The van der Waals surface area contributed by atoms with E-state index >= 15 is 0 Å². The molecule has 0 heterocycles. The lowest BCUT2D eigenvalue weighted by Gasteiger charge is -2.13. The van der Waals surface area contributed by atoms with Crippen LogP contribution in [-0.2, 0) is 6.42 Å². The van der Waals surface area contributed by atoms with E-state index in [9.17, 15) is 5.11 Å². The lowest BCUT2D eigenvalue weighted by molar-refractivity contribution is 0.461. The zero-order chi connectivity index (χ0) is 11.6. The second-order valence-corrected chi connectivity index (χ2v) is 5.61. The Kier molecular flexibility index (Phi) is 4.21. The first-order chi connectivity index (χ1) is 6.91. The van der Waals surface area contributed by atoms with Crippen LogP contribution in [0.15, 0.2) is 16.6 Å². The molecule has 0 radical (unpaired) electrons. The van der Waals surface area contributed by atoms with Gasteiger partial charge in [0.05, 0.1) is 0 Å². The maximum Gasteiger partial charge on any atom is 0.119 e.